The van der Waals surface area contributed by atoms with Crippen molar-refractivity contribution in [3.05, 3.63) is 60.4 Å². The maximum atomic E-state index is 14.4. The molecule has 6 heteroatoms. The molecule has 2 aromatic carbocycles. The molecule has 0 unspecified atom stereocenters. The third-order valence-electron chi connectivity index (χ3n) is 7.39. The largest absolute Gasteiger partial charge is 0.494 e. The van der Waals surface area contributed by atoms with E-state index in [4.69, 9.17) is 14.2 Å². The van der Waals surface area contributed by atoms with Crippen LogP contribution in [0.15, 0.2) is 54.6 Å². The van der Waals surface area contributed by atoms with Gasteiger partial charge in [-0.1, -0.05) is 69.7 Å². The van der Waals surface area contributed by atoms with Crippen LogP contribution in [0.25, 0.3) is 11.1 Å². The standard InChI is InChI=1S/C34H45FO5/c1-26(2)34(37)40-33-21-16-29(24-32(33)35)28-14-19-31(20-15-28)39-23-11-9-7-5-3-4-6-8-10-22-38-25-27-12-17-30(36)18-13-27/h14-16,19-21,24,27H,1,3-13,17-18,22-23,25H2,2H3. The van der Waals surface area contributed by atoms with Crippen molar-refractivity contribution >= 4 is 11.8 Å². The van der Waals surface area contributed by atoms with Gasteiger partial charge in [-0.3, -0.25) is 4.79 Å². The number of benzene rings is 2. The molecule has 0 aromatic heterocycles. The summed E-state index contributed by atoms with van der Waals surface area (Å²) in [5, 5.41) is 0. The van der Waals surface area contributed by atoms with E-state index in [0.29, 0.717) is 23.9 Å². The third-order valence-corrected chi connectivity index (χ3v) is 7.39. The summed E-state index contributed by atoms with van der Waals surface area (Å²) in [5.74, 6) is 0.459. The zero-order valence-corrected chi connectivity index (χ0v) is 24.1. The van der Waals surface area contributed by atoms with Crippen LogP contribution in [0.2, 0.25) is 0 Å². The zero-order valence-electron chi connectivity index (χ0n) is 24.1. The van der Waals surface area contributed by atoms with Crippen LogP contribution >= 0.6 is 0 Å². The fourth-order valence-electron chi connectivity index (χ4n) is 4.84. The summed E-state index contributed by atoms with van der Waals surface area (Å²) in [6.07, 6.45) is 14.5. The Bertz CT molecular complexity index is 1070. The average molecular weight is 553 g/mol. The molecule has 0 spiro atoms. The van der Waals surface area contributed by atoms with Crippen LogP contribution in [0.5, 0.6) is 11.5 Å². The number of ketones is 1. The third kappa shape index (κ3) is 11.6. The monoisotopic (exact) mass is 552 g/mol. The van der Waals surface area contributed by atoms with Crippen molar-refractivity contribution in [2.75, 3.05) is 19.8 Å². The van der Waals surface area contributed by atoms with Gasteiger partial charge in [-0.05, 0) is 73.9 Å². The van der Waals surface area contributed by atoms with Crippen LogP contribution in [-0.4, -0.2) is 31.6 Å². The number of rotatable bonds is 18. The lowest BCUT2D eigenvalue weighted by Crippen LogP contribution is -2.18. The van der Waals surface area contributed by atoms with Gasteiger partial charge < -0.3 is 14.2 Å². The Morgan fingerprint density at radius 1 is 0.850 bits per heavy atom. The normalized spacial score (nSPS) is 13.8. The number of halogens is 1. The quantitative estimate of drug-likeness (QED) is 0.0801. The first-order valence-corrected chi connectivity index (χ1v) is 14.9. The van der Waals surface area contributed by atoms with Crippen molar-refractivity contribution in [3.63, 3.8) is 0 Å². The van der Waals surface area contributed by atoms with Crippen LogP contribution in [0.3, 0.4) is 0 Å². The van der Waals surface area contributed by atoms with Crippen molar-refractivity contribution < 1.29 is 28.2 Å². The van der Waals surface area contributed by atoms with E-state index in [-0.39, 0.29) is 11.3 Å². The molecule has 40 heavy (non-hydrogen) atoms. The molecule has 0 aliphatic heterocycles. The van der Waals surface area contributed by atoms with E-state index in [9.17, 15) is 14.0 Å². The molecular weight excluding hydrogens is 507 g/mol. The summed E-state index contributed by atoms with van der Waals surface area (Å²) in [6.45, 7) is 7.40. The molecule has 0 heterocycles. The molecule has 0 bridgehead atoms. The molecule has 0 N–H and O–H groups in total. The lowest BCUT2D eigenvalue weighted by molar-refractivity contribution is -0.130. The molecular formula is C34H45FO5. The Balaban J connectivity index is 1.17. The Kier molecular flexibility index (Phi) is 13.9. The van der Waals surface area contributed by atoms with Crippen LogP contribution < -0.4 is 9.47 Å². The molecule has 218 valence electrons. The second kappa shape index (κ2) is 17.6. The van der Waals surface area contributed by atoms with Crippen molar-refractivity contribution in [1.29, 1.82) is 0 Å². The maximum absolute atomic E-state index is 14.4. The lowest BCUT2D eigenvalue weighted by atomic mass is 9.89. The Labute approximate surface area is 239 Å². The van der Waals surface area contributed by atoms with Crippen LogP contribution in [-0.2, 0) is 14.3 Å². The van der Waals surface area contributed by atoms with E-state index >= 15 is 0 Å². The molecule has 0 amide bonds. The Hall–Kier alpha value is -2.99. The second-order valence-electron chi connectivity index (χ2n) is 10.9. The highest BCUT2D eigenvalue weighted by Crippen LogP contribution is 2.28. The summed E-state index contributed by atoms with van der Waals surface area (Å²) >= 11 is 0. The Morgan fingerprint density at radius 2 is 1.43 bits per heavy atom. The topological polar surface area (TPSA) is 61.8 Å². The first-order valence-electron chi connectivity index (χ1n) is 14.9. The molecule has 0 atom stereocenters. The lowest BCUT2D eigenvalue weighted by Gasteiger charge is -2.20. The predicted octanol–water partition coefficient (Wildman–Crippen LogP) is 8.64. The van der Waals surface area contributed by atoms with Crippen LogP contribution in [0, 0.1) is 11.7 Å². The molecule has 1 aliphatic rings. The van der Waals surface area contributed by atoms with Gasteiger partial charge in [0.25, 0.3) is 0 Å². The smallest absolute Gasteiger partial charge is 0.338 e. The van der Waals surface area contributed by atoms with Crippen molar-refractivity contribution in [3.8, 4) is 22.6 Å². The second-order valence-corrected chi connectivity index (χ2v) is 10.9. The fourth-order valence-corrected chi connectivity index (χ4v) is 4.84. The van der Waals surface area contributed by atoms with E-state index in [1.807, 2.05) is 24.3 Å². The van der Waals surface area contributed by atoms with Crippen molar-refractivity contribution in [2.45, 2.75) is 90.4 Å². The van der Waals surface area contributed by atoms with Gasteiger partial charge in [0.15, 0.2) is 11.6 Å². The van der Waals surface area contributed by atoms with E-state index < -0.39 is 11.8 Å². The van der Waals surface area contributed by atoms with E-state index in [2.05, 4.69) is 6.58 Å². The highest BCUT2D eigenvalue weighted by Gasteiger charge is 2.18. The number of hydrogen-bond donors (Lipinski definition) is 0. The van der Waals surface area contributed by atoms with Gasteiger partial charge in [0.05, 0.1) is 6.61 Å². The van der Waals surface area contributed by atoms with E-state index in [1.54, 1.807) is 6.07 Å². The maximum Gasteiger partial charge on any atom is 0.338 e. The molecule has 1 aliphatic carbocycles. The van der Waals surface area contributed by atoms with Gasteiger partial charge in [0.2, 0.25) is 0 Å². The minimum atomic E-state index is -0.646. The zero-order chi connectivity index (χ0) is 28.6. The van der Waals surface area contributed by atoms with Gasteiger partial charge in [-0.2, -0.15) is 0 Å². The van der Waals surface area contributed by atoms with Crippen molar-refractivity contribution in [2.24, 2.45) is 5.92 Å². The molecule has 1 fully saturated rings. The number of unbranched alkanes of at least 4 members (excludes halogenated alkanes) is 8. The number of carbonyl (C=O) groups excluding carboxylic acids is 2. The predicted molar refractivity (Wildman–Crippen MR) is 157 cm³/mol. The van der Waals surface area contributed by atoms with Crippen molar-refractivity contribution in [1.82, 2.24) is 0 Å². The molecule has 0 saturated heterocycles. The van der Waals surface area contributed by atoms with Gasteiger partial charge in [0, 0.05) is 31.6 Å². The summed E-state index contributed by atoms with van der Waals surface area (Å²) in [5.41, 5.74) is 1.77. The van der Waals surface area contributed by atoms with Crippen LogP contribution in [0.1, 0.15) is 90.4 Å². The number of carbonyl (C=O) groups is 2. The molecule has 2 aromatic rings. The number of Topliss-reactive ketones (excluding diaryl/α,β-unsaturated/α-hetero) is 1. The summed E-state index contributed by atoms with van der Waals surface area (Å²) in [7, 11) is 0. The minimum Gasteiger partial charge on any atom is -0.494 e. The first-order chi connectivity index (χ1) is 19.4. The SMILES string of the molecule is C=C(C)C(=O)Oc1ccc(-c2ccc(OCCCCCCCCCCCOCC3CCC(=O)CC3)cc2)cc1F. The highest BCUT2D eigenvalue weighted by molar-refractivity contribution is 5.88. The highest BCUT2D eigenvalue weighted by atomic mass is 19.1. The summed E-state index contributed by atoms with van der Waals surface area (Å²) in [4.78, 5) is 22.9. The molecule has 5 nitrogen and oxygen atoms in total. The molecule has 3 rings (SSSR count). The summed E-state index contributed by atoms with van der Waals surface area (Å²) in [6, 6.07) is 12.1. The average Bonchev–Trinajstić information content (AvgIpc) is 2.95. The molecule has 1 saturated carbocycles. The number of esters is 1. The van der Waals surface area contributed by atoms with Crippen LogP contribution in [0.4, 0.5) is 4.39 Å². The van der Waals surface area contributed by atoms with Gasteiger partial charge >= 0.3 is 5.97 Å². The van der Waals surface area contributed by atoms with E-state index in [0.717, 1.165) is 63.1 Å². The minimum absolute atomic E-state index is 0.108. The molecule has 0 radical (unpaired) electrons. The van der Waals surface area contributed by atoms with Gasteiger partial charge in [-0.15, -0.1) is 0 Å². The van der Waals surface area contributed by atoms with Gasteiger partial charge in [-0.25, -0.2) is 9.18 Å². The number of hydrogen-bond acceptors (Lipinski definition) is 5. The van der Waals surface area contributed by atoms with Gasteiger partial charge in [0.1, 0.15) is 11.5 Å². The van der Waals surface area contributed by atoms with E-state index in [1.165, 1.54) is 64.0 Å². The number of ether oxygens (including phenoxy) is 3. The Morgan fingerprint density at radius 3 is 2.02 bits per heavy atom. The summed E-state index contributed by atoms with van der Waals surface area (Å²) < 4.78 is 31.1. The first kappa shape index (κ1) is 31.5. The fraction of sp³-hybridized carbons (Fsp3) is 0.529.